The molecule has 2 aliphatic rings. The summed E-state index contributed by atoms with van der Waals surface area (Å²) in [5.74, 6) is 0. The molecule has 0 aromatic heterocycles. The van der Waals surface area contributed by atoms with Gasteiger partial charge in [-0.15, -0.1) is 0 Å². The van der Waals surface area contributed by atoms with Gasteiger partial charge in [0.15, 0.2) is 0 Å². The van der Waals surface area contributed by atoms with Crippen LogP contribution in [-0.4, -0.2) is 7.85 Å². The fraction of sp³-hybridized carbons (Fsp3) is 0.127. The van der Waals surface area contributed by atoms with Gasteiger partial charge in [-0.1, -0.05) is 185 Å². The molecule has 0 amide bonds. The average Bonchev–Trinajstić information content (AvgIpc) is 3.67. The molecule has 0 N–H and O–H groups in total. The highest BCUT2D eigenvalue weighted by atomic mass is 15.1. The fourth-order valence-corrected chi connectivity index (χ4v) is 10.0. The highest BCUT2D eigenvalue weighted by Crippen LogP contribution is 2.58. The molecule has 274 valence electrons. The van der Waals surface area contributed by atoms with Crippen molar-refractivity contribution in [3.63, 3.8) is 0 Å². The van der Waals surface area contributed by atoms with Gasteiger partial charge in [-0.3, -0.25) is 0 Å². The van der Waals surface area contributed by atoms with E-state index >= 15 is 0 Å². The summed E-state index contributed by atoms with van der Waals surface area (Å²) in [5.41, 5.74) is 19.8. The fourth-order valence-electron chi connectivity index (χ4n) is 10.0. The molecule has 0 atom stereocenters. The monoisotopic (exact) mass is 731 g/mol. The molecule has 0 heterocycles. The largest absolute Gasteiger partial charge is 0.310 e. The molecule has 10 rings (SSSR count). The van der Waals surface area contributed by atoms with E-state index in [-0.39, 0.29) is 10.7 Å². The predicted octanol–water partition coefficient (Wildman–Crippen LogP) is 13.4. The van der Waals surface area contributed by atoms with Crippen LogP contribution in [0.4, 0.5) is 17.1 Å². The van der Waals surface area contributed by atoms with Gasteiger partial charge in [0, 0.05) is 22.5 Å². The Morgan fingerprint density at radius 2 is 0.877 bits per heavy atom. The van der Waals surface area contributed by atoms with Crippen LogP contribution in [0, 0.1) is 0 Å². The average molecular weight is 732 g/mol. The third kappa shape index (κ3) is 5.38. The minimum absolute atomic E-state index is 0.0295. The molecule has 0 unspecified atom stereocenters. The van der Waals surface area contributed by atoms with Crippen molar-refractivity contribution in [1.29, 1.82) is 0 Å². The van der Waals surface area contributed by atoms with Crippen molar-refractivity contribution >= 4 is 24.9 Å². The first-order valence-electron chi connectivity index (χ1n) is 20.3. The third-order valence-corrected chi connectivity index (χ3v) is 12.7. The zero-order valence-electron chi connectivity index (χ0n) is 33.4. The van der Waals surface area contributed by atoms with Gasteiger partial charge < -0.3 is 4.90 Å². The van der Waals surface area contributed by atoms with Crippen molar-refractivity contribution in [3.05, 3.63) is 233 Å². The van der Waals surface area contributed by atoms with E-state index in [1.165, 1.54) is 72.3 Å². The van der Waals surface area contributed by atoms with Gasteiger partial charge in [0.2, 0.25) is 0 Å². The maximum absolute atomic E-state index is 2.48. The Kier molecular flexibility index (Phi) is 8.06. The van der Waals surface area contributed by atoms with Crippen LogP contribution in [0.2, 0.25) is 0 Å². The predicted molar refractivity (Wildman–Crippen MR) is 243 cm³/mol. The molecule has 0 saturated carbocycles. The second kappa shape index (κ2) is 13.1. The van der Waals surface area contributed by atoms with Crippen LogP contribution >= 0.6 is 0 Å². The van der Waals surface area contributed by atoms with E-state index in [0.717, 1.165) is 17.1 Å². The number of fused-ring (bicyclic) bond motifs is 6. The lowest BCUT2D eigenvalue weighted by molar-refractivity contribution is 0.660. The Bertz CT molecular complexity index is 2750. The van der Waals surface area contributed by atoms with Crippen molar-refractivity contribution < 1.29 is 0 Å². The zero-order chi connectivity index (χ0) is 38.9. The second-order valence-corrected chi connectivity index (χ2v) is 17.3. The van der Waals surface area contributed by atoms with E-state index in [9.17, 15) is 0 Å². The molecule has 0 saturated heterocycles. The van der Waals surface area contributed by atoms with Crippen molar-refractivity contribution in [2.45, 2.75) is 43.8 Å². The lowest BCUT2D eigenvalue weighted by atomic mass is 9.65. The number of benzene rings is 8. The minimum Gasteiger partial charge on any atom is -0.310 e. The first kappa shape index (κ1) is 35.1. The Morgan fingerprint density at radius 1 is 0.404 bits per heavy atom. The van der Waals surface area contributed by atoms with Crippen molar-refractivity contribution in [2.24, 2.45) is 0 Å². The SMILES string of the molecule is BC(C)(C)c1ccccc1-c1ccc(N(c2ccc3c(c2)-c2ccccc2C3(C)C)c2ccc3c(c2)C(c2ccccc2)(c2ccccc2)c2ccccc2-3)cc1. The van der Waals surface area contributed by atoms with Gasteiger partial charge in [-0.25, -0.2) is 0 Å². The van der Waals surface area contributed by atoms with Crippen LogP contribution in [0.5, 0.6) is 0 Å². The van der Waals surface area contributed by atoms with Crippen LogP contribution in [0.15, 0.2) is 194 Å². The summed E-state index contributed by atoms with van der Waals surface area (Å²) < 4.78 is 0. The van der Waals surface area contributed by atoms with Gasteiger partial charge >= 0.3 is 0 Å². The van der Waals surface area contributed by atoms with Gasteiger partial charge in [0.1, 0.15) is 7.85 Å². The van der Waals surface area contributed by atoms with E-state index in [1.807, 2.05) is 0 Å². The lowest BCUT2D eigenvalue weighted by Gasteiger charge is -2.35. The van der Waals surface area contributed by atoms with E-state index in [4.69, 9.17) is 0 Å². The quantitative estimate of drug-likeness (QED) is 0.148. The molecule has 1 nitrogen and oxygen atoms in total. The van der Waals surface area contributed by atoms with Gasteiger partial charge in [-0.05, 0) is 114 Å². The molecule has 0 spiro atoms. The van der Waals surface area contributed by atoms with Crippen molar-refractivity contribution in [2.75, 3.05) is 4.90 Å². The number of anilines is 3. The molecule has 2 aliphatic carbocycles. The van der Waals surface area contributed by atoms with E-state index in [0.29, 0.717) is 0 Å². The lowest BCUT2D eigenvalue weighted by Crippen LogP contribution is -2.28. The number of hydrogen-bond donors (Lipinski definition) is 0. The van der Waals surface area contributed by atoms with E-state index in [1.54, 1.807) is 0 Å². The Balaban J connectivity index is 1.21. The molecule has 8 aromatic rings. The molecular weight excluding hydrogens is 685 g/mol. The van der Waals surface area contributed by atoms with Crippen LogP contribution in [0.3, 0.4) is 0 Å². The number of rotatable bonds is 7. The van der Waals surface area contributed by atoms with Crippen molar-refractivity contribution in [3.8, 4) is 33.4 Å². The van der Waals surface area contributed by atoms with Gasteiger partial charge in [0.05, 0.1) is 5.41 Å². The minimum atomic E-state index is -0.489. The molecule has 57 heavy (non-hydrogen) atoms. The van der Waals surface area contributed by atoms with Crippen molar-refractivity contribution in [1.82, 2.24) is 0 Å². The molecule has 0 aliphatic heterocycles. The molecule has 8 aromatic carbocycles. The molecular formula is C55H46BN. The first-order chi connectivity index (χ1) is 27.7. The number of nitrogens with zero attached hydrogens (tertiary/aromatic N) is 1. The number of hydrogen-bond acceptors (Lipinski definition) is 1. The Labute approximate surface area is 338 Å². The molecule has 0 radical (unpaired) electrons. The molecule has 0 fully saturated rings. The summed E-state index contributed by atoms with van der Waals surface area (Å²) in [6.45, 7) is 9.31. The van der Waals surface area contributed by atoms with Crippen LogP contribution in [0.1, 0.15) is 66.6 Å². The normalized spacial score (nSPS) is 14.3. The third-order valence-electron chi connectivity index (χ3n) is 12.7. The summed E-state index contributed by atoms with van der Waals surface area (Å²) in [7, 11) is 2.30. The maximum Gasteiger partial charge on any atom is 0.114 e. The van der Waals surface area contributed by atoms with Crippen LogP contribution in [-0.2, 0) is 16.1 Å². The van der Waals surface area contributed by atoms with Gasteiger partial charge in [0.25, 0.3) is 0 Å². The van der Waals surface area contributed by atoms with E-state index < -0.39 is 5.41 Å². The standard InChI is InChI=1S/C55H46BN/c1-53(2)48-24-14-12-23-45(48)47-35-41(32-34-49(47)53)57(40-29-27-37(28-30-40)43-21-11-15-25-50(43)54(3,4)56)42-31-33-46-44-22-13-16-26-51(44)55(52(46)36-42,38-17-7-5-8-18-38)39-19-9-6-10-20-39/h5-36H,56H2,1-4H3. The zero-order valence-corrected chi connectivity index (χ0v) is 33.4. The Morgan fingerprint density at radius 3 is 1.53 bits per heavy atom. The van der Waals surface area contributed by atoms with Crippen LogP contribution < -0.4 is 4.90 Å². The maximum atomic E-state index is 2.48. The smallest absolute Gasteiger partial charge is 0.114 e. The highest BCUT2D eigenvalue weighted by Gasteiger charge is 2.46. The van der Waals surface area contributed by atoms with E-state index in [2.05, 4.69) is 235 Å². The molecule has 0 bridgehead atoms. The summed E-state index contributed by atoms with van der Waals surface area (Å²) in [6, 6.07) is 72.5. The summed E-state index contributed by atoms with van der Waals surface area (Å²) >= 11 is 0. The topological polar surface area (TPSA) is 3.24 Å². The van der Waals surface area contributed by atoms with Crippen LogP contribution in [0.25, 0.3) is 33.4 Å². The van der Waals surface area contributed by atoms with Gasteiger partial charge in [-0.2, -0.15) is 0 Å². The molecule has 2 heteroatoms. The Hall–Kier alpha value is -6.38. The summed E-state index contributed by atoms with van der Waals surface area (Å²) in [6.07, 6.45) is 0. The first-order valence-corrected chi connectivity index (χ1v) is 20.3. The summed E-state index contributed by atoms with van der Waals surface area (Å²) in [5, 5.41) is 0.0295. The summed E-state index contributed by atoms with van der Waals surface area (Å²) in [4.78, 5) is 2.47. The second-order valence-electron chi connectivity index (χ2n) is 17.3. The highest BCUT2D eigenvalue weighted by molar-refractivity contribution is 6.16.